The third-order valence-electron chi connectivity index (χ3n) is 4.83. The van der Waals surface area contributed by atoms with E-state index >= 15 is 0 Å². The first-order valence-corrected chi connectivity index (χ1v) is 9.15. The topological polar surface area (TPSA) is 70.7 Å². The number of aryl methyl sites for hydroxylation is 1. The first-order chi connectivity index (χ1) is 12.1. The number of nitrogens with one attached hydrogen (secondary N) is 2. The minimum Gasteiger partial charge on any atom is -0.484 e. The number of ether oxygens (including phenoxy) is 1. The van der Waals surface area contributed by atoms with Crippen molar-refractivity contribution in [1.29, 1.82) is 0 Å². The van der Waals surface area contributed by atoms with Crippen molar-refractivity contribution in [3.8, 4) is 5.75 Å². The molecule has 25 heavy (non-hydrogen) atoms. The van der Waals surface area contributed by atoms with E-state index in [9.17, 15) is 9.59 Å². The highest BCUT2D eigenvalue weighted by molar-refractivity contribution is 5.94. The molecule has 3 rings (SSSR count). The smallest absolute Gasteiger partial charge is 0.257 e. The molecule has 1 aromatic carbocycles. The van der Waals surface area contributed by atoms with Crippen LogP contribution in [-0.2, 0) is 16.0 Å². The summed E-state index contributed by atoms with van der Waals surface area (Å²) in [6.07, 6.45) is 3.75. The van der Waals surface area contributed by atoms with Gasteiger partial charge < -0.3 is 20.3 Å². The molecule has 1 aromatic rings. The van der Waals surface area contributed by atoms with E-state index in [1.54, 1.807) is 6.07 Å². The Labute approximate surface area is 148 Å². The maximum absolute atomic E-state index is 11.9. The van der Waals surface area contributed by atoms with Crippen molar-refractivity contribution in [3.63, 3.8) is 0 Å². The molecule has 0 saturated carbocycles. The van der Waals surface area contributed by atoms with Gasteiger partial charge in [-0.15, -0.1) is 0 Å². The molecule has 0 unspecified atom stereocenters. The fraction of sp³-hybridized carbons (Fsp3) is 0.579. The van der Waals surface area contributed by atoms with Gasteiger partial charge in [-0.05, 0) is 55.5 Å². The Bertz CT molecular complexity index is 632. The zero-order valence-electron chi connectivity index (χ0n) is 14.8. The van der Waals surface area contributed by atoms with Gasteiger partial charge in [0.25, 0.3) is 5.91 Å². The van der Waals surface area contributed by atoms with E-state index in [1.165, 1.54) is 12.8 Å². The molecular formula is C19H27N3O3. The Balaban J connectivity index is 1.38. The Morgan fingerprint density at radius 2 is 2.28 bits per heavy atom. The van der Waals surface area contributed by atoms with Gasteiger partial charge in [0.05, 0.1) is 0 Å². The molecule has 2 heterocycles. The third-order valence-corrected chi connectivity index (χ3v) is 4.83. The van der Waals surface area contributed by atoms with Gasteiger partial charge in [-0.25, -0.2) is 0 Å². The highest BCUT2D eigenvalue weighted by Crippen LogP contribution is 2.26. The summed E-state index contributed by atoms with van der Waals surface area (Å²) in [5.74, 6) is 1.36. The summed E-state index contributed by atoms with van der Waals surface area (Å²) in [7, 11) is 0. The molecular weight excluding hydrogens is 318 g/mol. The molecule has 0 spiro atoms. The van der Waals surface area contributed by atoms with Crippen molar-refractivity contribution < 1.29 is 14.3 Å². The summed E-state index contributed by atoms with van der Waals surface area (Å²) in [5, 5.41) is 5.76. The number of carbonyl (C=O) groups excluding carboxylic acids is 2. The summed E-state index contributed by atoms with van der Waals surface area (Å²) in [4.78, 5) is 25.7. The van der Waals surface area contributed by atoms with Gasteiger partial charge >= 0.3 is 0 Å². The summed E-state index contributed by atoms with van der Waals surface area (Å²) >= 11 is 0. The molecule has 2 N–H and O–H groups in total. The monoisotopic (exact) mass is 345 g/mol. The van der Waals surface area contributed by atoms with Gasteiger partial charge in [-0.2, -0.15) is 0 Å². The van der Waals surface area contributed by atoms with E-state index in [4.69, 9.17) is 4.74 Å². The van der Waals surface area contributed by atoms with Crippen molar-refractivity contribution in [2.24, 2.45) is 5.92 Å². The molecule has 0 aliphatic carbocycles. The molecule has 2 aliphatic rings. The van der Waals surface area contributed by atoms with Crippen LogP contribution in [0.4, 0.5) is 5.69 Å². The number of carbonyl (C=O) groups is 2. The summed E-state index contributed by atoms with van der Waals surface area (Å²) in [5.41, 5.74) is 1.89. The second-order valence-corrected chi connectivity index (χ2v) is 7.05. The summed E-state index contributed by atoms with van der Waals surface area (Å²) in [6, 6.07) is 5.52. The van der Waals surface area contributed by atoms with Gasteiger partial charge in [0.2, 0.25) is 5.91 Å². The van der Waals surface area contributed by atoms with E-state index in [-0.39, 0.29) is 18.4 Å². The van der Waals surface area contributed by atoms with Crippen LogP contribution in [0, 0.1) is 5.92 Å². The second kappa shape index (κ2) is 8.34. The number of rotatable bonds is 6. The van der Waals surface area contributed by atoms with Gasteiger partial charge in [0.15, 0.2) is 6.61 Å². The highest BCUT2D eigenvalue weighted by atomic mass is 16.5. The molecule has 1 saturated heterocycles. The Morgan fingerprint density at radius 3 is 3.12 bits per heavy atom. The zero-order chi connectivity index (χ0) is 17.6. The van der Waals surface area contributed by atoms with Gasteiger partial charge in [0, 0.05) is 31.7 Å². The molecule has 6 heteroatoms. The van der Waals surface area contributed by atoms with Gasteiger partial charge in [0.1, 0.15) is 5.75 Å². The van der Waals surface area contributed by atoms with Crippen LogP contribution in [0.2, 0.25) is 0 Å². The van der Waals surface area contributed by atoms with E-state index in [1.807, 2.05) is 12.1 Å². The average molecular weight is 345 g/mol. The van der Waals surface area contributed by atoms with Crippen molar-refractivity contribution in [2.75, 3.05) is 38.1 Å². The molecule has 0 aromatic heterocycles. The van der Waals surface area contributed by atoms with Gasteiger partial charge in [-0.3, -0.25) is 9.59 Å². The summed E-state index contributed by atoms with van der Waals surface area (Å²) < 4.78 is 5.58. The number of benzene rings is 1. The number of hydrogen-bond acceptors (Lipinski definition) is 4. The molecule has 1 fully saturated rings. The molecule has 6 nitrogen and oxygen atoms in total. The SMILES string of the molecule is C[C@@H]1CCCN(CCNC(=O)COc2ccc3c(c2)CCC(=O)N3)C1. The Morgan fingerprint density at radius 1 is 1.40 bits per heavy atom. The highest BCUT2D eigenvalue weighted by Gasteiger charge is 2.17. The van der Waals surface area contributed by atoms with Crippen LogP contribution < -0.4 is 15.4 Å². The van der Waals surface area contributed by atoms with Crippen molar-refractivity contribution in [3.05, 3.63) is 23.8 Å². The zero-order valence-corrected chi connectivity index (χ0v) is 14.8. The number of hydrogen-bond donors (Lipinski definition) is 2. The number of piperidine rings is 1. The fourth-order valence-corrected chi connectivity index (χ4v) is 3.49. The lowest BCUT2D eigenvalue weighted by atomic mass is 10.0. The molecule has 136 valence electrons. The number of fused-ring (bicyclic) bond motifs is 1. The molecule has 1 atom stereocenters. The van der Waals surface area contributed by atoms with Crippen LogP contribution >= 0.6 is 0 Å². The third kappa shape index (κ3) is 5.19. The van der Waals surface area contributed by atoms with E-state index < -0.39 is 0 Å². The number of anilines is 1. The van der Waals surface area contributed by atoms with Crippen molar-refractivity contribution >= 4 is 17.5 Å². The van der Waals surface area contributed by atoms with Crippen LogP contribution in [-0.4, -0.2) is 49.5 Å². The van der Waals surface area contributed by atoms with E-state index in [2.05, 4.69) is 22.5 Å². The average Bonchev–Trinajstić information content (AvgIpc) is 2.60. The molecule has 0 bridgehead atoms. The lowest BCUT2D eigenvalue weighted by Gasteiger charge is -2.30. The van der Waals surface area contributed by atoms with Crippen LogP contribution in [0.1, 0.15) is 31.7 Å². The van der Waals surface area contributed by atoms with Crippen LogP contribution in [0.5, 0.6) is 5.75 Å². The predicted octanol–water partition coefficient (Wildman–Crippen LogP) is 1.80. The largest absolute Gasteiger partial charge is 0.484 e. The molecule has 0 radical (unpaired) electrons. The quantitative estimate of drug-likeness (QED) is 0.825. The molecule has 2 aliphatic heterocycles. The second-order valence-electron chi connectivity index (χ2n) is 7.05. The van der Waals surface area contributed by atoms with Crippen LogP contribution in [0.25, 0.3) is 0 Å². The van der Waals surface area contributed by atoms with E-state index in [0.29, 0.717) is 25.1 Å². The van der Waals surface area contributed by atoms with Crippen LogP contribution in [0.3, 0.4) is 0 Å². The van der Waals surface area contributed by atoms with Crippen molar-refractivity contribution in [1.82, 2.24) is 10.2 Å². The van der Waals surface area contributed by atoms with Crippen molar-refractivity contribution in [2.45, 2.75) is 32.6 Å². The number of likely N-dealkylation sites (tertiary alicyclic amines) is 1. The fourth-order valence-electron chi connectivity index (χ4n) is 3.49. The predicted molar refractivity (Wildman–Crippen MR) is 96.7 cm³/mol. The first kappa shape index (κ1) is 17.7. The Hall–Kier alpha value is -2.08. The minimum atomic E-state index is -0.101. The van der Waals surface area contributed by atoms with Crippen LogP contribution in [0.15, 0.2) is 18.2 Å². The number of amides is 2. The maximum atomic E-state index is 11.9. The summed E-state index contributed by atoms with van der Waals surface area (Å²) in [6.45, 7) is 6.10. The Kier molecular flexibility index (Phi) is 5.91. The lowest BCUT2D eigenvalue weighted by Crippen LogP contribution is -2.41. The first-order valence-electron chi connectivity index (χ1n) is 9.15. The normalized spacial score (nSPS) is 20.5. The van der Waals surface area contributed by atoms with Gasteiger partial charge in [-0.1, -0.05) is 6.92 Å². The van der Waals surface area contributed by atoms with E-state index in [0.717, 1.165) is 36.8 Å². The number of nitrogens with zero attached hydrogens (tertiary/aromatic N) is 1. The minimum absolute atomic E-state index is 0.0154. The standard InChI is InChI=1S/C19H27N3O3/c1-14-3-2-9-22(12-14)10-8-20-19(24)13-25-16-5-6-17-15(11-16)4-7-18(23)21-17/h5-6,11,14H,2-4,7-10,12-13H2,1H3,(H,20,24)(H,21,23)/t14-/m1/s1. The molecule has 2 amide bonds. The maximum Gasteiger partial charge on any atom is 0.257 e. The lowest BCUT2D eigenvalue weighted by molar-refractivity contribution is -0.123.